The van der Waals surface area contributed by atoms with E-state index in [1.807, 2.05) is 16.8 Å². The third-order valence-corrected chi connectivity index (χ3v) is 4.41. The van der Waals surface area contributed by atoms with E-state index in [-0.39, 0.29) is 17.4 Å². The minimum Gasteiger partial charge on any atom is -0.381 e. The van der Waals surface area contributed by atoms with Crippen LogP contribution in [0.1, 0.15) is 50.1 Å². The molecule has 1 aliphatic heterocycles. The maximum atomic E-state index is 12.4. The highest BCUT2D eigenvalue weighted by Gasteiger charge is 2.28. The van der Waals surface area contributed by atoms with Gasteiger partial charge >= 0.3 is 0 Å². The SMILES string of the molecule is CC(C)n1cc(Br)cc1C(=O)NCC1(C)CCOCC1. The number of carbonyl (C=O) groups is 1. The number of carbonyl (C=O) groups excluding carboxylic acids is 1. The topological polar surface area (TPSA) is 43.3 Å². The summed E-state index contributed by atoms with van der Waals surface area (Å²) in [6.07, 6.45) is 3.96. The van der Waals surface area contributed by atoms with Crippen molar-refractivity contribution < 1.29 is 9.53 Å². The second-order valence-corrected chi connectivity index (χ2v) is 7.07. The molecule has 2 heterocycles. The van der Waals surface area contributed by atoms with Crippen molar-refractivity contribution in [2.75, 3.05) is 19.8 Å². The number of hydrogen-bond donors (Lipinski definition) is 1. The number of aromatic nitrogens is 1. The lowest BCUT2D eigenvalue weighted by Crippen LogP contribution is -2.40. The number of ether oxygens (including phenoxy) is 1. The zero-order valence-corrected chi connectivity index (χ0v) is 14.0. The van der Waals surface area contributed by atoms with E-state index >= 15 is 0 Å². The monoisotopic (exact) mass is 342 g/mol. The molecule has 2 rings (SSSR count). The zero-order valence-electron chi connectivity index (χ0n) is 12.4. The maximum absolute atomic E-state index is 12.4. The van der Waals surface area contributed by atoms with Crippen molar-refractivity contribution in [3.63, 3.8) is 0 Å². The molecule has 1 fully saturated rings. The lowest BCUT2D eigenvalue weighted by atomic mass is 9.82. The number of nitrogens with zero attached hydrogens (tertiary/aromatic N) is 1. The van der Waals surface area contributed by atoms with Gasteiger partial charge in [0.2, 0.25) is 0 Å². The van der Waals surface area contributed by atoms with Crippen LogP contribution in [0, 0.1) is 5.41 Å². The summed E-state index contributed by atoms with van der Waals surface area (Å²) in [6.45, 7) is 8.65. The van der Waals surface area contributed by atoms with Crippen molar-refractivity contribution in [3.05, 3.63) is 22.4 Å². The van der Waals surface area contributed by atoms with Crippen LogP contribution < -0.4 is 5.32 Å². The Morgan fingerprint density at radius 2 is 2.15 bits per heavy atom. The summed E-state index contributed by atoms with van der Waals surface area (Å²) in [4.78, 5) is 12.4. The van der Waals surface area contributed by atoms with Crippen LogP contribution in [0.4, 0.5) is 0 Å². The van der Waals surface area contributed by atoms with E-state index < -0.39 is 0 Å². The normalized spacial score (nSPS) is 18.2. The van der Waals surface area contributed by atoms with Gasteiger partial charge in [-0.15, -0.1) is 0 Å². The fourth-order valence-corrected chi connectivity index (χ4v) is 2.92. The molecule has 0 aromatic carbocycles. The summed E-state index contributed by atoms with van der Waals surface area (Å²) in [5.74, 6) is -0.00267. The Labute approximate surface area is 129 Å². The van der Waals surface area contributed by atoms with Gasteiger partial charge in [0, 0.05) is 36.5 Å². The Kier molecular flexibility index (Phi) is 4.91. The van der Waals surface area contributed by atoms with Crippen LogP contribution in [-0.2, 0) is 4.74 Å². The predicted octanol–water partition coefficient (Wildman–Crippen LogP) is 3.38. The van der Waals surface area contributed by atoms with Crippen LogP contribution in [-0.4, -0.2) is 30.2 Å². The molecule has 112 valence electrons. The average molecular weight is 343 g/mol. The fraction of sp³-hybridized carbons (Fsp3) is 0.667. The van der Waals surface area contributed by atoms with E-state index in [0.717, 1.165) is 30.5 Å². The first-order valence-electron chi connectivity index (χ1n) is 7.15. The summed E-state index contributed by atoms with van der Waals surface area (Å²) in [7, 11) is 0. The Morgan fingerprint density at radius 1 is 1.50 bits per heavy atom. The molecule has 1 aromatic rings. The molecule has 1 N–H and O–H groups in total. The standard InChI is InChI=1S/C15H23BrN2O2/c1-11(2)18-9-12(16)8-13(18)14(19)17-10-15(3)4-6-20-7-5-15/h8-9,11H,4-7,10H2,1-3H3,(H,17,19). The van der Waals surface area contributed by atoms with Gasteiger partial charge in [-0.3, -0.25) is 4.79 Å². The molecule has 0 unspecified atom stereocenters. The number of nitrogens with one attached hydrogen (secondary N) is 1. The Hall–Kier alpha value is -0.810. The number of rotatable bonds is 4. The van der Waals surface area contributed by atoms with E-state index in [2.05, 4.69) is 42.0 Å². The third-order valence-electron chi connectivity index (χ3n) is 3.98. The molecule has 0 radical (unpaired) electrons. The second-order valence-electron chi connectivity index (χ2n) is 6.15. The molecule has 0 atom stereocenters. The van der Waals surface area contributed by atoms with Gasteiger partial charge in [0.25, 0.3) is 5.91 Å². The third kappa shape index (κ3) is 3.64. The Bertz CT molecular complexity index is 476. The summed E-state index contributed by atoms with van der Waals surface area (Å²) >= 11 is 3.44. The molecule has 0 bridgehead atoms. The van der Waals surface area contributed by atoms with Gasteiger partial charge in [0.1, 0.15) is 5.69 Å². The molecule has 1 amide bonds. The van der Waals surface area contributed by atoms with Crippen molar-refractivity contribution in [1.82, 2.24) is 9.88 Å². The first kappa shape index (κ1) is 15.6. The molecule has 5 heteroatoms. The van der Waals surface area contributed by atoms with Gasteiger partial charge < -0.3 is 14.6 Å². The van der Waals surface area contributed by atoms with Gasteiger partial charge in [-0.25, -0.2) is 0 Å². The minimum absolute atomic E-state index is 0.00267. The molecule has 0 spiro atoms. The number of hydrogen-bond acceptors (Lipinski definition) is 2. The summed E-state index contributed by atoms with van der Waals surface area (Å²) in [6, 6.07) is 2.14. The predicted molar refractivity (Wildman–Crippen MR) is 83.0 cm³/mol. The fourth-order valence-electron chi connectivity index (χ4n) is 2.48. The van der Waals surface area contributed by atoms with Gasteiger partial charge in [-0.05, 0) is 54.1 Å². The van der Waals surface area contributed by atoms with E-state index in [9.17, 15) is 4.79 Å². The van der Waals surface area contributed by atoms with E-state index in [1.54, 1.807) is 0 Å². The molecule has 1 aliphatic rings. The highest BCUT2D eigenvalue weighted by atomic mass is 79.9. The average Bonchev–Trinajstić information content (AvgIpc) is 2.79. The van der Waals surface area contributed by atoms with Gasteiger partial charge in [0.05, 0.1) is 0 Å². The minimum atomic E-state index is -0.00267. The van der Waals surface area contributed by atoms with E-state index in [0.29, 0.717) is 12.2 Å². The molecular weight excluding hydrogens is 320 g/mol. The van der Waals surface area contributed by atoms with Crippen LogP contribution in [0.2, 0.25) is 0 Å². The van der Waals surface area contributed by atoms with Crippen LogP contribution in [0.15, 0.2) is 16.7 Å². The summed E-state index contributed by atoms with van der Waals surface area (Å²) < 4.78 is 8.32. The molecule has 20 heavy (non-hydrogen) atoms. The Balaban J connectivity index is 2.01. The zero-order chi connectivity index (χ0) is 14.8. The molecule has 1 aromatic heterocycles. The molecule has 4 nitrogen and oxygen atoms in total. The quantitative estimate of drug-likeness (QED) is 0.911. The van der Waals surface area contributed by atoms with E-state index in [1.165, 1.54) is 0 Å². The van der Waals surface area contributed by atoms with Crippen molar-refractivity contribution in [3.8, 4) is 0 Å². The van der Waals surface area contributed by atoms with Gasteiger partial charge in [-0.1, -0.05) is 6.92 Å². The smallest absolute Gasteiger partial charge is 0.267 e. The highest BCUT2D eigenvalue weighted by molar-refractivity contribution is 9.10. The first-order chi connectivity index (χ1) is 9.41. The van der Waals surface area contributed by atoms with Crippen molar-refractivity contribution >= 4 is 21.8 Å². The molecule has 1 saturated heterocycles. The largest absolute Gasteiger partial charge is 0.381 e. The van der Waals surface area contributed by atoms with Crippen molar-refractivity contribution in [2.45, 2.75) is 39.7 Å². The van der Waals surface area contributed by atoms with Crippen LogP contribution in [0.3, 0.4) is 0 Å². The maximum Gasteiger partial charge on any atom is 0.267 e. The Morgan fingerprint density at radius 3 is 2.75 bits per heavy atom. The van der Waals surface area contributed by atoms with Crippen LogP contribution in [0.25, 0.3) is 0 Å². The van der Waals surface area contributed by atoms with Gasteiger partial charge in [0.15, 0.2) is 0 Å². The lowest BCUT2D eigenvalue weighted by Gasteiger charge is -2.33. The lowest BCUT2D eigenvalue weighted by molar-refractivity contribution is 0.0238. The van der Waals surface area contributed by atoms with Crippen LogP contribution >= 0.6 is 15.9 Å². The van der Waals surface area contributed by atoms with Crippen LogP contribution in [0.5, 0.6) is 0 Å². The number of amides is 1. The van der Waals surface area contributed by atoms with Crippen molar-refractivity contribution in [1.29, 1.82) is 0 Å². The second kappa shape index (κ2) is 6.31. The van der Waals surface area contributed by atoms with Crippen molar-refractivity contribution in [2.24, 2.45) is 5.41 Å². The first-order valence-corrected chi connectivity index (χ1v) is 7.94. The molecule has 0 saturated carbocycles. The summed E-state index contributed by atoms with van der Waals surface area (Å²) in [5, 5.41) is 3.08. The molecular formula is C15H23BrN2O2. The van der Waals surface area contributed by atoms with E-state index in [4.69, 9.17) is 4.74 Å². The number of halogens is 1. The molecule has 0 aliphatic carbocycles. The highest BCUT2D eigenvalue weighted by Crippen LogP contribution is 2.29. The van der Waals surface area contributed by atoms with Gasteiger partial charge in [-0.2, -0.15) is 0 Å². The summed E-state index contributed by atoms with van der Waals surface area (Å²) in [5.41, 5.74) is 0.864.